The summed E-state index contributed by atoms with van der Waals surface area (Å²) < 4.78 is 33.1. The molecule has 1 unspecified atom stereocenters. The van der Waals surface area contributed by atoms with Gasteiger partial charge in [-0.25, -0.2) is 8.78 Å². The van der Waals surface area contributed by atoms with Gasteiger partial charge in [-0.1, -0.05) is 11.6 Å². The summed E-state index contributed by atoms with van der Waals surface area (Å²) >= 11 is 6.18. The zero-order valence-corrected chi connectivity index (χ0v) is 16.3. The molecular weight excluding hydrogens is 372 g/mol. The molecule has 1 fully saturated rings. The van der Waals surface area contributed by atoms with Crippen molar-refractivity contribution < 1.29 is 18.6 Å². The molecule has 0 bridgehead atoms. The minimum atomic E-state index is -1.04. The fourth-order valence-electron chi connectivity index (χ4n) is 3.57. The van der Waals surface area contributed by atoms with Crippen molar-refractivity contribution in [1.29, 1.82) is 0 Å². The third-order valence-electron chi connectivity index (χ3n) is 4.95. The Morgan fingerprint density at radius 3 is 2.59 bits per heavy atom. The molecular formula is C21H24ClF2NO2. The van der Waals surface area contributed by atoms with Crippen molar-refractivity contribution in [2.24, 2.45) is 0 Å². The van der Waals surface area contributed by atoms with Gasteiger partial charge >= 0.3 is 0 Å². The molecule has 3 rings (SSSR count). The quantitative estimate of drug-likeness (QED) is 0.800. The lowest BCUT2D eigenvalue weighted by Gasteiger charge is -2.39. The van der Waals surface area contributed by atoms with Crippen LogP contribution in [0.2, 0.25) is 5.02 Å². The standard InChI is InChI=1S/C21H24ClF2NO2/c1-14-8-18(9-15(2)20(14)22)27-13-21(26)6-3-7-25(12-21)11-16-10-17(23)4-5-19(16)24/h4-5,8-10,26H,3,6-7,11-13H2,1-2H3. The Morgan fingerprint density at radius 2 is 1.89 bits per heavy atom. The second kappa shape index (κ2) is 8.13. The predicted molar refractivity (Wildman–Crippen MR) is 102 cm³/mol. The molecule has 27 heavy (non-hydrogen) atoms. The molecule has 0 radical (unpaired) electrons. The Bertz CT molecular complexity index is 807. The van der Waals surface area contributed by atoms with Crippen molar-refractivity contribution >= 4 is 11.6 Å². The predicted octanol–water partition coefficient (Wildman–Crippen LogP) is 4.64. The molecule has 0 aliphatic carbocycles. The first-order chi connectivity index (χ1) is 12.8. The van der Waals surface area contributed by atoms with E-state index in [1.807, 2.05) is 30.9 Å². The molecule has 6 heteroatoms. The summed E-state index contributed by atoms with van der Waals surface area (Å²) in [5.41, 5.74) is 1.10. The number of nitrogens with zero attached hydrogens (tertiary/aromatic N) is 1. The Morgan fingerprint density at radius 1 is 1.19 bits per heavy atom. The number of benzene rings is 2. The lowest BCUT2D eigenvalue weighted by atomic mass is 9.93. The average Bonchev–Trinajstić information content (AvgIpc) is 2.61. The Balaban J connectivity index is 1.64. The number of rotatable bonds is 5. The normalized spacial score (nSPS) is 20.7. The fraction of sp³-hybridized carbons (Fsp3) is 0.429. The summed E-state index contributed by atoms with van der Waals surface area (Å²) in [4.78, 5) is 1.93. The zero-order chi connectivity index (χ0) is 19.6. The highest BCUT2D eigenvalue weighted by Crippen LogP contribution is 2.28. The number of aliphatic hydroxyl groups is 1. The number of β-amino-alcohol motifs (C(OH)–C–C–N with tert-alkyl or cyclic N) is 1. The van der Waals surface area contributed by atoms with Gasteiger partial charge in [0.25, 0.3) is 0 Å². The van der Waals surface area contributed by atoms with E-state index in [1.165, 1.54) is 6.07 Å². The van der Waals surface area contributed by atoms with Crippen LogP contribution >= 0.6 is 11.6 Å². The molecule has 1 aliphatic heterocycles. The van der Waals surface area contributed by atoms with E-state index in [2.05, 4.69) is 0 Å². The molecule has 3 nitrogen and oxygen atoms in total. The second-order valence-electron chi connectivity index (χ2n) is 7.43. The van der Waals surface area contributed by atoms with Crippen LogP contribution < -0.4 is 4.74 Å². The Hall–Kier alpha value is -1.69. The van der Waals surface area contributed by atoms with Crippen molar-refractivity contribution in [3.8, 4) is 5.75 Å². The maximum atomic E-state index is 13.9. The van der Waals surface area contributed by atoms with Gasteiger partial charge in [0.1, 0.15) is 29.6 Å². The van der Waals surface area contributed by atoms with Crippen LogP contribution in [0.15, 0.2) is 30.3 Å². The van der Waals surface area contributed by atoms with Gasteiger partial charge in [-0.05, 0) is 74.7 Å². The first kappa shape index (κ1) is 20.1. The Kier molecular flexibility index (Phi) is 6.04. The molecule has 1 aliphatic rings. The van der Waals surface area contributed by atoms with E-state index >= 15 is 0 Å². The Labute approximate surface area is 163 Å². The summed E-state index contributed by atoms with van der Waals surface area (Å²) in [6.07, 6.45) is 1.36. The van der Waals surface area contributed by atoms with E-state index in [0.717, 1.165) is 36.2 Å². The third kappa shape index (κ3) is 4.98. The highest BCUT2D eigenvalue weighted by molar-refractivity contribution is 6.32. The molecule has 0 spiro atoms. The molecule has 2 aromatic carbocycles. The molecule has 2 aromatic rings. The summed E-state index contributed by atoms with van der Waals surface area (Å²) in [5, 5.41) is 11.6. The van der Waals surface area contributed by atoms with Crippen LogP contribution in [0, 0.1) is 25.5 Å². The minimum absolute atomic E-state index is 0.135. The first-order valence-corrected chi connectivity index (χ1v) is 9.42. The van der Waals surface area contributed by atoms with Crippen molar-refractivity contribution in [3.05, 3.63) is 63.7 Å². The van der Waals surface area contributed by atoms with Crippen molar-refractivity contribution in [2.75, 3.05) is 19.7 Å². The fourth-order valence-corrected chi connectivity index (χ4v) is 3.68. The van der Waals surface area contributed by atoms with E-state index in [-0.39, 0.29) is 13.2 Å². The van der Waals surface area contributed by atoms with Crippen LogP contribution in [0.3, 0.4) is 0 Å². The third-order valence-corrected chi connectivity index (χ3v) is 5.55. The van der Waals surface area contributed by atoms with Crippen molar-refractivity contribution in [2.45, 2.75) is 38.8 Å². The van der Waals surface area contributed by atoms with Gasteiger partial charge < -0.3 is 9.84 Å². The smallest absolute Gasteiger partial charge is 0.127 e. The minimum Gasteiger partial charge on any atom is -0.491 e. The number of ether oxygens (including phenoxy) is 1. The first-order valence-electron chi connectivity index (χ1n) is 9.04. The van der Waals surface area contributed by atoms with E-state index in [0.29, 0.717) is 29.3 Å². The molecule has 1 atom stereocenters. The topological polar surface area (TPSA) is 32.7 Å². The van der Waals surface area contributed by atoms with Gasteiger partial charge in [-0.15, -0.1) is 0 Å². The van der Waals surface area contributed by atoms with Crippen molar-refractivity contribution in [3.63, 3.8) is 0 Å². The maximum Gasteiger partial charge on any atom is 0.127 e. The van der Waals surface area contributed by atoms with Crippen LogP contribution in [0.25, 0.3) is 0 Å². The molecule has 0 aromatic heterocycles. The van der Waals surface area contributed by atoms with Crippen molar-refractivity contribution in [1.82, 2.24) is 4.90 Å². The van der Waals surface area contributed by atoms with Gasteiger partial charge in [0.2, 0.25) is 0 Å². The van der Waals surface area contributed by atoms with Crippen LogP contribution in [0.1, 0.15) is 29.5 Å². The van der Waals surface area contributed by atoms with Gasteiger partial charge in [-0.2, -0.15) is 0 Å². The number of aryl methyl sites for hydroxylation is 2. The molecule has 1 heterocycles. The van der Waals surface area contributed by atoms with Crippen LogP contribution in [-0.4, -0.2) is 35.3 Å². The number of hydrogen-bond acceptors (Lipinski definition) is 3. The number of piperidine rings is 1. The summed E-state index contributed by atoms with van der Waals surface area (Å²) in [6.45, 7) is 5.27. The largest absolute Gasteiger partial charge is 0.491 e. The summed E-state index contributed by atoms with van der Waals surface area (Å²) in [5.74, 6) is -0.236. The molecule has 146 valence electrons. The van der Waals surface area contributed by atoms with E-state index in [4.69, 9.17) is 16.3 Å². The average molecular weight is 396 g/mol. The van der Waals surface area contributed by atoms with E-state index in [9.17, 15) is 13.9 Å². The molecule has 0 saturated carbocycles. The van der Waals surface area contributed by atoms with Crippen LogP contribution in [0.5, 0.6) is 5.75 Å². The van der Waals surface area contributed by atoms with E-state index < -0.39 is 17.2 Å². The molecule has 1 saturated heterocycles. The highest BCUT2D eigenvalue weighted by Gasteiger charge is 2.34. The lowest BCUT2D eigenvalue weighted by Crippen LogP contribution is -2.51. The van der Waals surface area contributed by atoms with Gasteiger partial charge in [0, 0.05) is 23.7 Å². The highest BCUT2D eigenvalue weighted by atomic mass is 35.5. The summed E-state index contributed by atoms with van der Waals surface area (Å²) in [6, 6.07) is 7.14. The second-order valence-corrected chi connectivity index (χ2v) is 7.81. The number of hydrogen-bond donors (Lipinski definition) is 1. The zero-order valence-electron chi connectivity index (χ0n) is 15.6. The van der Waals surface area contributed by atoms with Crippen LogP contribution in [0.4, 0.5) is 8.78 Å². The van der Waals surface area contributed by atoms with E-state index in [1.54, 1.807) is 0 Å². The molecule has 1 N–H and O–H groups in total. The number of likely N-dealkylation sites (tertiary alicyclic amines) is 1. The van der Waals surface area contributed by atoms with Crippen LogP contribution in [-0.2, 0) is 6.54 Å². The molecule has 0 amide bonds. The number of halogens is 3. The van der Waals surface area contributed by atoms with Gasteiger partial charge in [0.05, 0.1) is 0 Å². The maximum absolute atomic E-state index is 13.9. The monoisotopic (exact) mass is 395 g/mol. The SMILES string of the molecule is Cc1cc(OCC2(O)CCCN(Cc3cc(F)ccc3F)C2)cc(C)c1Cl. The van der Waals surface area contributed by atoms with Gasteiger partial charge in [-0.3, -0.25) is 4.90 Å². The summed E-state index contributed by atoms with van der Waals surface area (Å²) in [7, 11) is 0. The van der Waals surface area contributed by atoms with Gasteiger partial charge in [0.15, 0.2) is 0 Å². The lowest BCUT2D eigenvalue weighted by molar-refractivity contribution is -0.0623.